The van der Waals surface area contributed by atoms with Gasteiger partial charge in [0.15, 0.2) is 6.10 Å². The lowest BCUT2D eigenvalue weighted by Crippen LogP contribution is -2.34. The number of carbonyl (C=O) groups excluding carboxylic acids is 2. The molecule has 150 valence electrons. The summed E-state index contributed by atoms with van der Waals surface area (Å²) in [4.78, 5) is 27.2. The topological polar surface area (TPSA) is 67.9 Å². The first-order chi connectivity index (χ1) is 13.5. The maximum absolute atomic E-state index is 12.8. The highest BCUT2D eigenvalue weighted by Crippen LogP contribution is 2.21. The van der Waals surface area contributed by atoms with Crippen LogP contribution < -0.4 is 14.8 Å². The predicted molar refractivity (Wildman–Crippen MR) is 110 cm³/mol. The zero-order valence-corrected chi connectivity index (χ0v) is 16.9. The second-order valence-electron chi connectivity index (χ2n) is 6.20. The SMILES string of the molecule is CCC(Oc1ccc(OC)cc1)C(=O)Nc1ccccc1C(=O)N(CC)CC. The first-order valence-corrected chi connectivity index (χ1v) is 9.53. The molecule has 0 aliphatic rings. The number of para-hydroxylation sites is 1. The minimum atomic E-state index is -0.676. The molecule has 0 bridgehead atoms. The Morgan fingerprint density at radius 1 is 0.964 bits per heavy atom. The molecule has 0 aliphatic heterocycles. The summed E-state index contributed by atoms with van der Waals surface area (Å²) in [7, 11) is 1.59. The normalized spacial score (nSPS) is 11.4. The van der Waals surface area contributed by atoms with E-state index in [2.05, 4.69) is 5.32 Å². The molecule has 0 aliphatic carbocycles. The van der Waals surface area contributed by atoms with E-state index >= 15 is 0 Å². The van der Waals surface area contributed by atoms with Crippen molar-refractivity contribution in [3.63, 3.8) is 0 Å². The Bertz CT molecular complexity index is 785. The van der Waals surface area contributed by atoms with E-state index in [0.717, 1.165) is 0 Å². The van der Waals surface area contributed by atoms with Crippen LogP contribution in [0.15, 0.2) is 48.5 Å². The molecule has 0 heterocycles. The smallest absolute Gasteiger partial charge is 0.265 e. The molecule has 0 fully saturated rings. The van der Waals surface area contributed by atoms with Gasteiger partial charge in [-0.1, -0.05) is 19.1 Å². The van der Waals surface area contributed by atoms with Gasteiger partial charge in [-0.2, -0.15) is 0 Å². The third-order valence-corrected chi connectivity index (χ3v) is 4.47. The van der Waals surface area contributed by atoms with E-state index in [-0.39, 0.29) is 11.8 Å². The van der Waals surface area contributed by atoms with Crippen LogP contribution in [-0.2, 0) is 4.79 Å². The van der Waals surface area contributed by atoms with Crippen molar-refractivity contribution in [2.75, 3.05) is 25.5 Å². The van der Waals surface area contributed by atoms with Crippen LogP contribution in [0.2, 0.25) is 0 Å². The van der Waals surface area contributed by atoms with Crippen molar-refractivity contribution in [3.8, 4) is 11.5 Å². The lowest BCUT2D eigenvalue weighted by atomic mass is 10.1. The van der Waals surface area contributed by atoms with Crippen molar-refractivity contribution in [2.45, 2.75) is 33.3 Å². The average molecular weight is 384 g/mol. The fraction of sp³-hybridized carbons (Fsp3) is 0.364. The van der Waals surface area contributed by atoms with E-state index in [0.29, 0.717) is 42.3 Å². The number of carbonyl (C=O) groups is 2. The molecule has 0 saturated heterocycles. The van der Waals surface area contributed by atoms with Crippen LogP contribution in [0.25, 0.3) is 0 Å². The number of nitrogens with one attached hydrogen (secondary N) is 1. The number of anilines is 1. The van der Waals surface area contributed by atoms with Crippen LogP contribution in [0.1, 0.15) is 37.6 Å². The van der Waals surface area contributed by atoms with Gasteiger partial charge in [0.25, 0.3) is 11.8 Å². The van der Waals surface area contributed by atoms with Crippen molar-refractivity contribution in [2.24, 2.45) is 0 Å². The third-order valence-electron chi connectivity index (χ3n) is 4.47. The Morgan fingerprint density at radius 3 is 2.14 bits per heavy atom. The average Bonchev–Trinajstić information content (AvgIpc) is 2.73. The van der Waals surface area contributed by atoms with Gasteiger partial charge >= 0.3 is 0 Å². The summed E-state index contributed by atoms with van der Waals surface area (Å²) < 4.78 is 11.0. The van der Waals surface area contributed by atoms with Gasteiger partial charge in [-0.25, -0.2) is 0 Å². The van der Waals surface area contributed by atoms with Crippen LogP contribution in [0.4, 0.5) is 5.69 Å². The lowest BCUT2D eigenvalue weighted by molar-refractivity contribution is -0.122. The van der Waals surface area contributed by atoms with Gasteiger partial charge < -0.3 is 19.7 Å². The molecule has 28 heavy (non-hydrogen) atoms. The van der Waals surface area contributed by atoms with Crippen LogP contribution in [-0.4, -0.2) is 43.0 Å². The standard InChI is InChI=1S/C22H28N2O4/c1-5-20(28-17-14-12-16(27-4)13-15-17)21(25)23-19-11-9-8-10-18(19)22(26)24(6-2)7-3/h8-15,20H,5-7H2,1-4H3,(H,23,25). The number of hydrogen-bond acceptors (Lipinski definition) is 4. The number of nitrogens with zero attached hydrogens (tertiary/aromatic N) is 1. The highest BCUT2D eigenvalue weighted by molar-refractivity contribution is 6.04. The molecule has 1 N–H and O–H groups in total. The molecule has 0 spiro atoms. The molecule has 6 nitrogen and oxygen atoms in total. The van der Waals surface area contributed by atoms with E-state index in [1.165, 1.54) is 0 Å². The van der Waals surface area contributed by atoms with E-state index in [9.17, 15) is 9.59 Å². The van der Waals surface area contributed by atoms with Gasteiger partial charge in [-0.15, -0.1) is 0 Å². The van der Waals surface area contributed by atoms with Gasteiger partial charge in [0.1, 0.15) is 11.5 Å². The number of amides is 2. The van der Waals surface area contributed by atoms with Crippen molar-refractivity contribution < 1.29 is 19.1 Å². The van der Waals surface area contributed by atoms with Crippen molar-refractivity contribution in [1.29, 1.82) is 0 Å². The quantitative estimate of drug-likeness (QED) is 0.710. The summed E-state index contributed by atoms with van der Waals surface area (Å²) in [5.41, 5.74) is 0.958. The summed E-state index contributed by atoms with van der Waals surface area (Å²) in [5, 5.41) is 2.85. The molecule has 2 rings (SSSR count). The van der Waals surface area contributed by atoms with Gasteiger partial charge in [-0.05, 0) is 56.7 Å². The van der Waals surface area contributed by atoms with Gasteiger partial charge in [0.2, 0.25) is 0 Å². The number of methoxy groups -OCH3 is 1. The molecule has 1 unspecified atom stereocenters. The fourth-order valence-corrected chi connectivity index (χ4v) is 2.81. The summed E-state index contributed by atoms with van der Waals surface area (Å²) in [6.07, 6.45) is -0.186. The molecule has 0 saturated carbocycles. The minimum Gasteiger partial charge on any atom is -0.497 e. The predicted octanol–water partition coefficient (Wildman–Crippen LogP) is 3.97. The molecule has 2 aromatic rings. The Hall–Kier alpha value is -3.02. The molecular weight excluding hydrogens is 356 g/mol. The molecule has 2 amide bonds. The number of rotatable bonds is 9. The van der Waals surface area contributed by atoms with Crippen LogP contribution in [0.3, 0.4) is 0 Å². The Morgan fingerprint density at radius 2 is 1.57 bits per heavy atom. The molecule has 6 heteroatoms. The first kappa shape index (κ1) is 21.3. The van der Waals surface area contributed by atoms with Gasteiger partial charge in [0.05, 0.1) is 18.4 Å². The van der Waals surface area contributed by atoms with E-state index in [1.54, 1.807) is 60.5 Å². The maximum atomic E-state index is 12.8. The second-order valence-corrected chi connectivity index (χ2v) is 6.20. The fourth-order valence-electron chi connectivity index (χ4n) is 2.81. The van der Waals surface area contributed by atoms with Gasteiger partial charge in [0, 0.05) is 13.1 Å². The molecule has 2 aromatic carbocycles. The van der Waals surface area contributed by atoms with Crippen LogP contribution >= 0.6 is 0 Å². The Balaban J connectivity index is 2.14. The zero-order chi connectivity index (χ0) is 20.5. The summed E-state index contributed by atoms with van der Waals surface area (Å²) in [6, 6.07) is 14.1. The van der Waals surface area contributed by atoms with E-state index < -0.39 is 6.10 Å². The minimum absolute atomic E-state index is 0.106. The van der Waals surface area contributed by atoms with Gasteiger partial charge in [-0.3, -0.25) is 9.59 Å². The second kappa shape index (κ2) is 10.3. The summed E-state index contributed by atoms with van der Waals surface area (Å²) in [5.74, 6) is 0.895. The van der Waals surface area contributed by atoms with Crippen LogP contribution in [0, 0.1) is 0 Å². The van der Waals surface area contributed by atoms with E-state index in [1.807, 2.05) is 20.8 Å². The number of ether oxygens (including phenoxy) is 2. The van der Waals surface area contributed by atoms with Crippen molar-refractivity contribution >= 4 is 17.5 Å². The highest BCUT2D eigenvalue weighted by atomic mass is 16.5. The molecule has 1 atom stereocenters. The zero-order valence-electron chi connectivity index (χ0n) is 16.9. The number of benzene rings is 2. The third kappa shape index (κ3) is 5.25. The van der Waals surface area contributed by atoms with Crippen LogP contribution in [0.5, 0.6) is 11.5 Å². The first-order valence-electron chi connectivity index (χ1n) is 9.53. The molecular formula is C22H28N2O4. The summed E-state index contributed by atoms with van der Waals surface area (Å²) >= 11 is 0. The van der Waals surface area contributed by atoms with Crippen molar-refractivity contribution in [3.05, 3.63) is 54.1 Å². The number of hydrogen-bond donors (Lipinski definition) is 1. The molecule has 0 aromatic heterocycles. The Kier molecular flexibility index (Phi) is 7.87. The lowest BCUT2D eigenvalue weighted by Gasteiger charge is -2.22. The summed E-state index contributed by atoms with van der Waals surface area (Å²) in [6.45, 7) is 6.95. The largest absolute Gasteiger partial charge is 0.497 e. The maximum Gasteiger partial charge on any atom is 0.265 e. The van der Waals surface area contributed by atoms with E-state index in [4.69, 9.17) is 9.47 Å². The highest BCUT2D eigenvalue weighted by Gasteiger charge is 2.22. The Labute approximate surface area is 166 Å². The van der Waals surface area contributed by atoms with Crippen molar-refractivity contribution in [1.82, 2.24) is 4.90 Å². The molecule has 0 radical (unpaired) electrons. The monoisotopic (exact) mass is 384 g/mol.